The normalized spacial score (nSPS) is 21.4. The highest BCUT2D eigenvalue weighted by Crippen LogP contribution is 2.36. The summed E-state index contributed by atoms with van der Waals surface area (Å²) in [4.78, 5) is 26.1. The number of carbonyl (C=O) groups is 2. The topological polar surface area (TPSA) is 57.6 Å². The number of nitrogens with zero attached hydrogens (tertiary/aromatic N) is 1. The molecule has 2 unspecified atom stereocenters. The SMILES string of the molecule is CC.CC.O=C(O)C(CCc1ccccc1)CC(=O)N1CC2CCCC[C@H]2C1. The van der Waals surface area contributed by atoms with Gasteiger partial charge in [-0.05, 0) is 43.1 Å². The molecule has 1 saturated heterocycles. The van der Waals surface area contributed by atoms with Gasteiger partial charge < -0.3 is 10.0 Å². The number of carboxylic acids is 1. The highest BCUT2D eigenvalue weighted by atomic mass is 16.4. The number of carbonyl (C=O) groups excluding carboxylic acids is 1. The Kier molecular flexibility index (Phi) is 11.5. The van der Waals surface area contributed by atoms with Gasteiger partial charge in [0, 0.05) is 19.5 Å². The first-order valence-corrected chi connectivity index (χ1v) is 11.2. The summed E-state index contributed by atoms with van der Waals surface area (Å²) in [7, 11) is 0. The van der Waals surface area contributed by atoms with Crippen LogP contribution in [0.2, 0.25) is 0 Å². The molecule has 2 aliphatic rings. The van der Waals surface area contributed by atoms with Gasteiger partial charge in [-0.1, -0.05) is 70.9 Å². The summed E-state index contributed by atoms with van der Waals surface area (Å²) in [6.45, 7) is 9.68. The first kappa shape index (κ1) is 24.2. The number of fused-ring (bicyclic) bond motifs is 1. The van der Waals surface area contributed by atoms with Crippen LogP contribution in [0.15, 0.2) is 30.3 Å². The van der Waals surface area contributed by atoms with E-state index in [0.29, 0.717) is 24.7 Å². The summed E-state index contributed by atoms with van der Waals surface area (Å²) in [5.74, 6) is -0.105. The molecule has 1 N–H and O–H groups in total. The number of aliphatic carboxylic acids is 1. The van der Waals surface area contributed by atoms with Gasteiger partial charge in [0.2, 0.25) is 5.91 Å². The predicted molar refractivity (Wildman–Crippen MR) is 115 cm³/mol. The van der Waals surface area contributed by atoms with Crippen molar-refractivity contribution in [1.29, 1.82) is 0 Å². The molecule has 1 aliphatic heterocycles. The van der Waals surface area contributed by atoms with Crippen LogP contribution in [0.3, 0.4) is 0 Å². The lowest BCUT2D eigenvalue weighted by molar-refractivity contribution is -0.146. The molecule has 0 radical (unpaired) electrons. The van der Waals surface area contributed by atoms with Crippen molar-refractivity contribution in [3.05, 3.63) is 35.9 Å². The van der Waals surface area contributed by atoms with Crippen molar-refractivity contribution in [2.24, 2.45) is 17.8 Å². The van der Waals surface area contributed by atoms with E-state index in [2.05, 4.69) is 0 Å². The molecular weight excluding hydrogens is 350 g/mol. The molecule has 2 fully saturated rings. The van der Waals surface area contributed by atoms with E-state index in [9.17, 15) is 14.7 Å². The van der Waals surface area contributed by atoms with Crippen LogP contribution in [0.25, 0.3) is 0 Å². The summed E-state index contributed by atoms with van der Waals surface area (Å²) in [6.07, 6.45) is 6.37. The minimum Gasteiger partial charge on any atom is -0.481 e. The van der Waals surface area contributed by atoms with Crippen LogP contribution in [0.5, 0.6) is 0 Å². The van der Waals surface area contributed by atoms with Gasteiger partial charge in [0.05, 0.1) is 5.92 Å². The number of amides is 1. The van der Waals surface area contributed by atoms with Crippen LogP contribution in [-0.2, 0) is 16.0 Å². The van der Waals surface area contributed by atoms with Crippen molar-refractivity contribution in [3.63, 3.8) is 0 Å². The van der Waals surface area contributed by atoms with Crippen LogP contribution in [0, 0.1) is 17.8 Å². The fraction of sp³-hybridized carbons (Fsp3) is 0.667. The van der Waals surface area contributed by atoms with Crippen molar-refractivity contribution in [3.8, 4) is 0 Å². The van der Waals surface area contributed by atoms with Crippen molar-refractivity contribution in [1.82, 2.24) is 4.90 Å². The smallest absolute Gasteiger partial charge is 0.307 e. The maximum absolute atomic E-state index is 12.6. The zero-order valence-corrected chi connectivity index (χ0v) is 18.2. The standard InChI is InChI=1S/C20H27NO3.2C2H6/c22-19(21-13-17-8-4-5-9-18(17)14-21)12-16(20(23)24)11-10-15-6-2-1-3-7-15;2*1-2/h1-3,6-7,16-18H,4-5,8-14H2,(H,23,24);2*1-2H3/t16?,17-,18?;;/m0../s1. The van der Waals surface area contributed by atoms with Crippen molar-refractivity contribution >= 4 is 11.9 Å². The van der Waals surface area contributed by atoms with E-state index in [1.807, 2.05) is 62.9 Å². The quantitative estimate of drug-likeness (QED) is 0.707. The Bertz CT molecular complexity index is 558. The van der Waals surface area contributed by atoms with Crippen LogP contribution in [0.4, 0.5) is 0 Å². The van der Waals surface area contributed by atoms with E-state index >= 15 is 0 Å². The Morgan fingerprint density at radius 2 is 1.54 bits per heavy atom. The van der Waals surface area contributed by atoms with E-state index in [4.69, 9.17) is 0 Å². The largest absolute Gasteiger partial charge is 0.481 e. The minimum atomic E-state index is -0.851. The van der Waals surface area contributed by atoms with Gasteiger partial charge >= 0.3 is 5.97 Å². The van der Waals surface area contributed by atoms with Gasteiger partial charge in [0.25, 0.3) is 0 Å². The average molecular weight is 390 g/mol. The molecule has 4 nitrogen and oxygen atoms in total. The van der Waals surface area contributed by atoms with Crippen LogP contribution >= 0.6 is 0 Å². The number of carboxylic acid groups (broad SMARTS) is 1. The Balaban J connectivity index is 0.000000921. The minimum absolute atomic E-state index is 0.0323. The molecular formula is C24H39NO3. The molecule has 0 spiro atoms. The first-order valence-electron chi connectivity index (χ1n) is 11.2. The van der Waals surface area contributed by atoms with Crippen LogP contribution < -0.4 is 0 Å². The number of rotatable bonds is 6. The van der Waals surface area contributed by atoms with Crippen molar-refractivity contribution < 1.29 is 14.7 Å². The van der Waals surface area contributed by atoms with Gasteiger partial charge in [0.15, 0.2) is 0 Å². The summed E-state index contributed by atoms with van der Waals surface area (Å²) in [5.41, 5.74) is 1.13. The number of aryl methyl sites for hydroxylation is 1. The summed E-state index contributed by atoms with van der Waals surface area (Å²) in [6, 6.07) is 9.89. The average Bonchev–Trinajstić information content (AvgIpc) is 3.19. The highest BCUT2D eigenvalue weighted by molar-refractivity contribution is 5.82. The third-order valence-electron chi connectivity index (χ3n) is 5.72. The molecule has 1 aromatic carbocycles. The van der Waals surface area contributed by atoms with Gasteiger partial charge in [-0.3, -0.25) is 9.59 Å². The highest BCUT2D eigenvalue weighted by Gasteiger charge is 2.37. The lowest BCUT2D eigenvalue weighted by Gasteiger charge is -2.22. The first-order chi connectivity index (χ1) is 13.6. The van der Waals surface area contributed by atoms with Gasteiger partial charge in [-0.25, -0.2) is 0 Å². The van der Waals surface area contributed by atoms with Crippen LogP contribution in [0.1, 0.15) is 71.8 Å². The Morgan fingerprint density at radius 1 is 1.00 bits per heavy atom. The zero-order chi connectivity index (χ0) is 20.9. The fourth-order valence-corrected chi connectivity index (χ4v) is 4.25. The van der Waals surface area contributed by atoms with Gasteiger partial charge in [-0.2, -0.15) is 0 Å². The third kappa shape index (κ3) is 7.29. The zero-order valence-electron chi connectivity index (χ0n) is 18.2. The monoisotopic (exact) mass is 389 g/mol. The number of benzene rings is 1. The predicted octanol–water partition coefficient (Wildman–Crippen LogP) is 5.41. The fourth-order valence-electron chi connectivity index (χ4n) is 4.25. The van der Waals surface area contributed by atoms with E-state index < -0.39 is 11.9 Å². The molecule has 1 heterocycles. The Labute approximate surface area is 171 Å². The maximum atomic E-state index is 12.6. The van der Waals surface area contributed by atoms with Crippen molar-refractivity contribution in [2.45, 2.75) is 72.6 Å². The third-order valence-corrected chi connectivity index (χ3v) is 5.72. The molecule has 1 aromatic rings. The second-order valence-corrected chi connectivity index (χ2v) is 7.37. The van der Waals surface area contributed by atoms with E-state index in [0.717, 1.165) is 18.7 Å². The number of hydrogen-bond donors (Lipinski definition) is 1. The molecule has 1 aliphatic carbocycles. The molecule has 3 atom stereocenters. The molecule has 3 rings (SSSR count). The molecule has 28 heavy (non-hydrogen) atoms. The second kappa shape index (κ2) is 13.4. The van der Waals surface area contributed by atoms with Crippen LogP contribution in [-0.4, -0.2) is 35.0 Å². The maximum Gasteiger partial charge on any atom is 0.307 e. The second-order valence-electron chi connectivity index (χ2n) is 7.37. The molecule has 1 saturated carbocycles. The van der Waals surface area contributed by atoms with E-state index in [-0.39, 0.29) is 12.3 Å². The van der Waals surface area contributed by atoms with Crippen molar-refractivity contribution in [2.75, 3.05) is 13.1 Å². The van der Waals surface area contributed by atoms with E-state index in [1.165, 1.54) is 25.7 Å². The van der Waals surface area contributed by atoms with Gasteiger partial charge in [0.1, 0.15) is 0 Å². The molecule has 1 amide bonds. The lowest BCUT2D eigenvalue weighted by atomic mass is 9.82. The molecule has 4 heteroatoms. The number of likely N-dealkylation sites (tertiary alicyclic amines) is 1. The lowest BCUT2D eigenvalue weighted by Crippen LogP contribution is -2.32. The summed E-state index contributed by atoms with van der Waals surface area (Å²) >= 11 is 0. The van der Waals surface area contributed by atoms with Gasteiger partial charge in [-0.15, -0.1) is 0 Å². The Hall–Kier alpha value is -1.84. The van der Waals surface area contributed by atoms with E-state index in [1.54, 1.807) is 0 Å². The number of hydrogen-bond acceptors (Lipinski definition) is 2. The molecule has 0 bridgehead atoms. The summed E-state index contributed by atoms with van der Waals surface area (Å²) < 4.78 is 0. The Morgan fingerprint density at radius 3 is 2.04 bits per heavy atom. The molecule has 0 aromatic heterocycles. The summed E-state index contributed by atoms with van der Waals surface area (Å²) in [5, 5.41) is 9.48. The molecule has 158 valence electrons.